The average Bonchev–Trinajstić information content (AvgIpc) is 2.85. The maximum atomic E-state index is 12.0. The second-order valence-electron chi connectivity index (χ2n) is 5.02. The van der Waals surface area contributed by atoms with Gasteiger partial charge < -0.3 is 0 Å². The molecule has 0 aromatic heterocycles. The van der Waals surface area contributed by atoms with Crippen molar-refractivity contribution in [2.75, 3.05) is 5.01 Å². The lowest BCUT2D eigenvalue weighted by atomic mass is 10.1. The first-order valence-corrected chi connectivity index (χ1v) is 6.93. The Balaban J connectivity index is 1.94. The summed E-state index contributed by atoms with van der Waals surface area (Å²) in [7, 11) is 0. The summed E-state index contributed by atoms with van der Waals surface area (Å²) >= 11 is 0. The summed E-state index contributed by atoms with van der Waals surface area (Å²) in [6.45, 7) is 1.88. The van der Waals surface area contributed by atoms with Gasteiger partial charge in [0, 0.05) is 11.3 Å². The van der Waals surface area contributed by atoms with Crippen molar-refractivity contribution in [1.29, 1.82) is 0 Å². The van der Waals surface area contributed by atoms with Gasteiger partial charge in [-0.05, 0) is 18.6 Å². The molecule has 0 bridgehead atoms. The third kappa shape index (κ3) is 2.92. The van der Waals surface area contributed by atoms with Gasteiger partial charge in [-0.2, -0.15) is 10.1 Å². The number of rotatable bonds is 3. The molecule has 0 atom stereocenters. The topological polar surface area (TPSA) is 32.7 Å². The molecule has 0 radical (unpaired) electrons. The van der Waals surface area contributed by atoms with Crippen molar-refractivity contribution in [3.05, 3.63) is 65.7 Å². The summed E-state index contributed by atoms with van der Waals surface area (Å²) in [6, 6.07) is 17.9. The fourth-order valence-electron chi connectivity index (χ4n) is 2.32. The Labute approximate surface area is 124 Å². The van der Waals surface area contributed by atoms with Crippen molar-refractivity contribution in [2.45, 2.75) is 13.3 Å². The second-order valence-corrected chi connectivity index (χ2v) is 5.02. The van der Waals surface area contributed by atoms with Gasteiger partial charge in [0.05, 0.1) is 12.1 Å². The Morgan fingerprint density at radius 2 is 1.71 bits per heavy atom. The molecule has 3 heteroatoms. The number of carbonyl (C=O) groups excluding carboxylic acids is 1. The number of carbonyl (C=O) groups is 1. The number of nitrogens with zero attached hydrogens (tertiary/aromatic N) is 2. The van der Waals surface area contributed by atoms with Crippen LogP contribution in [0.2, 0.25) is 0 Å². The van der Waals surface area contributed by atoms with Crippen LogP contribution in [0.1, 0.15) is 24.5 Å². The lowest BCUT2D eigenvalue weighted by molar-refractivity contribution is -0.116. The highest BCUT2D eigenvalue weighted by atomic mass is 16.2. The van der Waals surface area contributed by atoms with E-state index in [1.807, 2.05) is 73.7 Å². The Morgan fingerprint density at radius 1 is 1.00 bits per heavy atom. The molecule has 0 saturated carbocycles. The molecule has 1 amide bonds. The molecule has 0 saturated heterocycles. The second kappa shape index (κ2) is 5.75. The Hall–Kier alpha value is -2.68. The molecule has 0 N–H and O–H groups in total. The highest BCUT2D eigenvalue weighted by Gasteiger charge is 2.23. The minimum absolute atomic E-state index is 0.0214. The zero-order valence-electron chi connectivity index (χ0n) is 11.9. The first-order valence-electron chi connectivity index (χ1n) is 6.93. The molecule has 1 aliphatic heterocycles. The van der Waals surface area contributed by atoms with E-state index in [1.54, 1.807) is 0 Å². The van der Waals surface area contributed by atoms with E-state index in [0.29, 0.717) is 6.42 Å². The van der Waals surface area contributed by atoms with E-state index in [1.165, 1.54) is 5.01 Å². The van der Waals surface area contributed by atoms with E-state index in [0.717, 1.165) is 22.5 Å². The van der Waals surface area contributed by atoms with Gasteiger partial charge in [0.1, 0.15) is 0 Å². The lowest BCUT2D eigenvalue weighted by Crippen LogP contribution is -2.20. The van der Waals surface area contributed by atoms with Crippen molar-refractivity contribution in [3.8, 4) is 0 Å². The van der Waals surface area contributed by atoms with Crippen molar-refractivity contribution in [3.63, 3.8) is 0 Å². The smallest absolute Gasteiger partial charge is 0.253 e. The van der Waals surface area contributed by atoms with E-state index in [4.69, 9.17) is 0 Å². The molecule has 104 valence electrons. The number of hydrogen-bond acceptors (Lipinski definition) is 2. The predicted molar refractivity (Wildman–Crippen MR) is 87.0 cm³/mol. The minimum atomic E-state index is 0.0214. The minimum Gasteiger partial charge on any atom is -0.272 e. The molecule has 3 rings (SSSR count). The van der Waals surface area contributed by atoms with Gasteiger partial charge in [-0.15, -0.1) is 0 Å². The molecular weight excluding hydrogens is 260 g/mol. The Kier molecular flexibility index (Phi) is 3.65. The molecule has 0 unspecified atom stereocenters. The summed E-state index contributed by atoms with van der Waals surface area (Å²) in [5, 5.41) is 5.82. The molecule has 2 aromatic rings. The lowest BCUT2D eigenvalue weighted by Gasteiger charge is -2.14. The number of para-hydroxylation sites is 1. The Morgan fingerprint density at radius 3 is 2.43 bits per heavy atom. The third-order valence-corrected chi connectivity index (χ3v) is 3.33. The van der Waals surface area contributed by atoms with Gasteiger partial charge >= 0.3 is 0 Å². The summed E-state index contributed by atoms with van der Waals surface area (Å²) < 4.78 is 0. The van der Waals surface area contributed by atoms with Gasteiger partial charge in [0.25, 0.3) is 5.91 Å². The zero-order chi connectivity index (χ0) is 14.7. The van der Waals surface area contributed by atoms with Gasteiger partial charge in [0.15, 0.2) is 0 Å². The molecule has 0 aliphatic carbocycles. The molecule has 1 heterocycles. The van der Waals surface area contributed by atoms with Crippen LogP contribution in [-0.4, -0.2) is 11.6 Å². The highest BCUT2D eigenvalue weighted by molar-refractivity contribution is 6.12. The number of hydrazone groups is 1. The largest absolute Gasteiger partial charge is 0.272 e. The normalized spacial score (nSPS) is 14.8. The summed E-state index contributed by atoms with van der Waals surface area (Å²) in [4.78, 5) is 12.0. The van der Waals surface area contributed by atoms with Crippen molar-refractivity contribution in [1.82, 2.24) is 0 Å². The van der Waals surface area contributed by atoms with E-state index in [-0.39, 0.29) is 5.91 Å². The van der Waals surface area contributed by atoms with E-state index in [9.17, 15) is 4.79 Å². The van der Waals surface area contributed by atoms with E-state index >= 15 is 0 Å². The van der Waals surface area contributed by atoms with Gasteiger partial charge in [-0.3, -0.25) is 4.79 Å². The van der Waals surface area contributed by atoms with Crippen LogP contribution in [0.4, 0.5) is 5.69 Å². The molecule has 2 aromatic carbocycles. The molecule has 3 nitrogen and oxygen atoms in total. The maximum absolute atomic E-state index is 12.0. The van der Waals surface area contributed by atoms with Crippen molar-refractivity contribution < 1.29 is 4.79 Å². The van der Waals surface area contributed by atoms with Crippen LogP contribution in [-0.2, 0) is 4.79 Å². The fraction of sp³-hybridized carbons (Fsp3) is 0.111. The van der Waals surface area contributed by atoms with Crippen LogP contribution in [0.5, 0.6) is 0 Å². The summed E-state index contributed by atoms with van der Waals surface area (Å²) in [5.41, 5.74) is 3.78. The van der Waals surface area contributed by atoms with Crippen molar-refractivity contribution in [2.24, 2.45) is 5.10 Å². The molecule has 0 spiro atoms. The fourth-order valence-corrected chi connectivity index (χ4v) is 2.32. The van der Waals surface area contributed by atoms with Gasteiger partial charge in [-0.25, -0.2) is 0 Å². The predicted octanol–water partition coefficient (Wildman–Crippen LogP) is 3.97. The van der Waals surface area contributed by atoms with Gasteiger partial charge in [-0.1, -0.05) is 60.7 Å². The van der Waals surface area contributed by atoms with Crippen LogP contribution in [0, 0.1) is 0 Å². The van der Waals surface area contributed by atoms with E-state index < -0.39 is 0 Å². The first-order chi connectivity index (χ1) is 10.2. The molecular formula is C18H16N2O. The maximum Gasteiger partial charge on any atom is 0.253 e. The summed E-state index contributed by atoms with van der Waals surface area (Å²) in [5.74, 6) is 0.0214. The highest BCUT2D eigenvalue weighted by Crippen LogP contribution is 2.26. The van der Waals surface area contributed by atoms with Crippen LogP contribution in [0.15, 0.2) is 59.7 Å². The zero-order valence-corrected chi connectivity index (χ0v) is 11.9. The van der Waals surface area contributed by atoms with E-state index in [2.05, 4.69) is 5.10 Å². The molecule has 21 heavy (non-hydrogen) atoms. The van der Waals surface area contributed by atoms with Crippen LogP contribution in [0.3, 0.4) is 0 Å². The van der Waals surface area contributed by atoms with Crippen molar-refractivity contribution >= 4 is 29.5 Å². The number of amides is 1. The first kappa shape index (κ1) is 13.3. The van der Waals surface area contributed by atoms with Crippen LogP contribution in [0.25, 0.3) is 12.2 Å². The van der Waals surface area contributed by atoms with Crippen LogP contribution < -0.4 is 5.01 Å². The number of benzene rings is 2. The summed E-state index contributed by atoms with van der Waals surface area (Å²) in [6.07, 6.45) is 4.45. The molecule has 1 aliphatic rings. The average molecular weight is 276 g/mol. The molecule has 0 fully saturated rings. The monoisotopic (exact) mass is 276 g/mol. The number of anilines is 1. The SMILES string of the molecule is CC1=NN(c2ccccc2C=Cc2ccccc2)C(=O)C1. The Bertz CT molecular complexity index is 717. The van der Waals surface area contributed by atoms with Gasteiger partial charge in [0.2, 0.25) is 0 Å². The standard InChI is InChI=1S/C18H16N2O/c1-14-13-18(21)20(19-14)17-10-6-5-9-16(17)12-11-15-7-3-2-4-8-15/h2-12H,13H2,1H3. The number of hydrogen-bond donors (Lipinski definition) is 0. The quantitative estimate of drug-likeness (QED) is 0.781. The third-order valence-electron chi connectivity index (χ3n) is 3.33. The van der Waals surface area contributed by atoms with Crippen LogP contribution >= 0.6 is 0 Å².